The third-order valence-electron chi connectivity index (χ3n) is 2.47. The maximum atomic E-state index is 5.95. The van der Waals surface area contributed by atoms with Crippen LogP contribution in [0.15, 0.2) is 12.5 Å². The van der Waals surface area contributed by atoms with Crippen molar-refractivity contribution in [3.63, 3.8) is 0 Å². The molecule has 6 nitrogen and oxygen atoms in total. The third-order valence-corrected chi connectivity index (χ3v) is 2.47. The van der Waals surface area contributed by atoms with Gasteiger partial charge in [0.05, 0.1) is 29.9 Å². The van der Waals surface area contributed by atoms with Gasteiger partial charge in [-0.05, 0) is 13.8 Å². The van der Waals surface area contributed by atoms with Crippen LogP contribution in [0.5, 0.6) is 0 Å². The second-order valence-corrected chi connectivity index (χ2v) is 3.59. The first-order valence-electron chi connectivity index (χ1n) is 5.26. The number of nitrogens with one attached hydrogen (secondary N) is 2. The first-order chi connectivity index (χ1) is 7.72. The number of imidazole rings is 1. The van der Waals surface area contributed by atoms with Crippen molar-refractivity contribution in [2.45, 2.75) is 26.9 Å². The zero-order valence-electron chi connectivity index (χ0n) is 9.49. The number of nitrogens with zero attached hydrogens (tertiary/aromatic N) is 3. The van der Waals surface area contributed by atoms with Gasteiger partial charge in [0.25, 0.3) is 0 Å². The molecule has 0 bridgehead atoms. The van der Waals surface area contributed by atoms with Gasteiger partial charge in [-0.15, -0.1) is 0 Å². The van der Waals surface area contributed by atoms with Crippen molar-refractivity contribution in [3.05, 3.63) is 23.9 Å². The number of aromatic amines is 1. The minimum absolute atomic E-state index is 0.662. The number of rotatable bonds is 4. The molecule has 6 heteroatoms. The summed E-state index contributed by atoms with van der Waals surface area (Å²) in [6.45, 7) is 5.40. The van der Waals surface area contributed by atoms with Crippen LogP contribution < -0.4 is 11.1 Å². The molecule has 86 valence electrons. The molecule has 0 aromatic carbocycles. The van der Waals surface area contributed by atoms with Gasteiger partial charge >= 0.3 is 0 Å². The lowest BCUT2D eigenvalue weighted by Crippen LogP contribution is -2.08. The first-order valence-corrected chi connectivity index (χ1v) is 5.26. The zero-order valence-corrected chi connectivity index (χ0v) is 9.49. The van der Waals surface area contributed by atoms with Crippen molar-refractivity contribution in [1.29, 1.82) is 0 Å². The molecular formula is C10H16N6. The van der Waals surface area contributed by atoms with Gasteiger partial charge in [-0.25, -0.2) is 9.67 Å². The number of H-pyrrole nitrogens is 1. The zero-order chi connectivity index (χ0) is 11.5. The van der Waals surface area contributed by atoms with Crippen molar-refractivity contribution in [2.75, 3.05) is 11.1 Å². The van der Waals surface area contributed by atoms with E-state index in [1.165, 1.54) is 0 Å². The highest BCUT2D eigenvalue weighted by Gasteiger charge is 2.10. The summed E-state index contributed by atoms with van der Waals surface area (Å²) in [6, 6.07) is 0. The summed E-state index contributed by atoms with van der Waals surface area (Å²) in [7, 11) is 0. The van der Waals surface area contributed by atoms with E-state index in [1.807, 2.05) is 18.5 Å². The molecule has 0 saturated heterocycles. The molecule has 0 aliphatic heterocycles. The van der Waals surface area contributed by atoms with Crippen LogP contribution in [0.2, 0.25) is 0 Å². The summed E-state index contributed by atoms with van der Waals surface area (Å²) in [5.74, 6) is 0.870. The SMILES string of the molecule is CCn1nc(C)c(N)c1NCc1cnc[nH]1. The van der Waals surface area contributed by atoms with Gasteiger partial charge in [-0.2, -0.15) is 5.10 Å². The summed E-state index contributed by atoms with van der Waals surface area (Å²) in [5.41, 5.74) is 8.53. The Morgan fingerprint density at radius 2 is 2.38 bits per heavy atom. The van der Waals surface area contributed by atoms with E-state index in [9.17, 15) is 0 Å². The van der Waals surface area contributed by atoms with Crippen LogP contribution >= 0.6 is 0 Å². The van der Waals surface area contributed by atoms with E-state index in [0.717, 1.165) is 23.8 Å². The second-order valence-electron chi connectivity index (χ2n) is 3.59. The van der Waals surface area contributed by atoms with Crippen LogP contribution in [0.4, 0.5) is 11.5 Å². The maximum Gasteiger partial charge on any atom is 0.148 e. The van der Waals surface area contributed by atoms with E-state index in [-0.39, 0.29) is 0 Å². The normalized spacial score (nSPS) is 10.6. The predicted octanol–water partition coefficient (Wildman–Crippen LogP) is 1.13. The molecule has 0 aliphatic rings. The molecule has 0 fully saturated rings. The highest BCUT2D eigenvalue weighted by molar-refractivity contribution is 5.64. The molecule has 0 aliphatic carbocycles. The van der Waals surface area contributed by atoms with E-state index >= 15 is 0 Å². The topological polar surface area (TPSA) is 84.6 Å². The van der Waals surface area contributed by atoms with Gasteiger partial charge in [-0.3, -0.25) is 0 Å². The third kappa shape index (κ3) is 1.86. The monoisotopic (exact) mass is 220 g/mol. The van der Waals surface area contributed by atoms with E-state index in [1.54, 1.807) is 12.5 Å². The van der Waals surface area contributed by atoms with Crippen molar-refractivity contribution in [1.82, 2.24) is 19.7 Å². The molecule has 2 aromatic heterocycles. The summed E-state index contributed by atoms with van der Waals surface area (Å²) >= 11 is 0. The van der Waals surface area contributed by atoms with Crippen LogP contribution in [0.1, 0.15) is 18.3 Å². The number of nitrogen functional groups attached to an aromatic ring is 1. The minimum Gasteiger partial charge on any atom is -0.394 e. The molecule has 0 spiro atoms. The van der Waals surface area contributed by atoms with Crippen molar-refractivity contribution < 1.29 is 0 Å². The first kappa shape index (κ1) is 10.5. The van der Waals surface area contributed by atoms with Gasteiger partial charge < -0.3 is 16.0 Å². The molecule has 2 rings (SSSR count). The molecule has 4 N–H and O–H groups in total. The largest absolute Gasteiger partial charge is 0.394 e. The number of nitrogens with two attached hydrogens (primary N) is 1. The molecule has 0 unspecified atom stereocenters. The van der Waals surface area contributed by atoms with Crippen LogP contribution in [-0.4, -0.2) is 19.7 Å². The number of aromatic nitrogens is 4. The van der Waals surface area contributed by atoms with Crippen LogP contribution in [0.3, 0.4) is 0 Å². The number of anilines is 2. The van der Waals surface area contributed by atoms with Gasteiger partial charge in [0.2, 0.25) is 0 Å². The summed E-state index contributed by atoms with van der Waals surface area (Å²) in [4.78, 5) is 6.98. The lowest BCUT2D eigenvalue weighted by atomic mass is 10.4. The van der Waals surface area contributed by atoms with Crippen molar-refractivity contribution >= 4 is 11.5 Å². The Morgan fingerprint density at radius 1 is 1.56 bits per heavy atom. The quantitative estimate of drug-likeness (QED) is 0.721. The predicted molar refractivity (Wildman–Crippen MR) is 63.0 cm³/mol. The Hall–Kier alpha value is -1.98. The van der Waals surface area contributed by atoms with Crippen molar-refractivity contribution in [2.24, 2.45) is 0 Å². The smallest absolute Gasteiger partial charge is 0.148 e. The fourth-order valence-corrected chi connectivity index (χ4v) is 1.57. The van der Waals surface area contributed by atoms with E-state index in [0.29, 0.717) is 12.2 Å². The standard InChI is InChI=1S/C10H16N6/c1-3-16-10(9(11)7(2)15-16)13-5-8-4-12-6-14-8/h4,6,13H,3,5,11H2,1-2H3,(H,12,14). The lowest BCUT2D eigenvalue weighted by molar-refractivity contribution is 0.657. The lowest BCUT2D eigenvalue weighted by Gasteiger charge is -2.07. The average molecular weight is 220 g/mol. The highest BCUT2D eigenvalue weighted by Crippen LogP contribution is 2.22. The van der Waals surface area contributed by atoms with Gasteiger partial charge in [0.1, 0.15) is 5.82 Å². The number of hydrogen-bond acceptors (Lipinski definition) is 4. The summed E-state index contributed by atoms with van der Waals surface area (Å²) in [5, 5.41) is 7.59. The van der Waals surface area contributed by atoms with E-state index < -0.39 is 0 Å². The molecule has 0 radical (unpaired) electrons. The average Bonchev–Trinajstić information content (AvgIpc) is 2.87. The molecule has 2 aromatic rings. The number of aryl methyl sites for hydroxylation is 2. The molecule has 16 heavy (non-hydrogen) atoms. The fourth-order valence-electron chi connectivity index (χ4n) is 1.57. The Kier molecular flexibility index (Phi) is 2.80. The Balaban J connectivity index is 2.14. The summed E-state index contributed by atoms with van der Waals surface area (Å²) < 4.78 is 1.86. The van der Waals surface area contributed by atoms with Gasteiger partial charge in [-0.1, -0.05) is 0 Å². The van der Waals surface area contributed by atoms with Crippen molar-refractivity contribution in [3.8, 4) is 0 Å². The Bertz CT molecular complexity index is 456. The Labute approximate surface area is 93.9 Å². The second kappa shape index (κ2) is 4.26. The Morgan fingerprint density at radius 3 is 3.00 bits per heavy atom. The van der Waals surface area contributed by atoms with E-state index in [4.69, 9.17) is 5.73 Å². The molecule has 0 amide bonds. The molecule has 0 saturated carbocycles. The van der Waals surface area contributed by atoms with Gasteiger partial charge in [0, 0.05) is 12.7 Å². The molecule has 2 heterocycles. The highest BCUT2D eigenvalue weighted by atomic mass is 15.3. The summed E-state index contributed by atoms with van der Waals surface area (Å²) in [6.07, 6.45) is 3.44. The fraction of sp³-hybridized carbons (Fsp3) is 0.400. The molecule has 0 atom stereocenters. The van der Waals surface area contributed by atoms with Crippen LogP contribution in [0, 0.1) is 6.92 Å². The van der Waals surface area contributed by atoms with Crippen LogP contribution in [0.25, 0.3) is 0 Å². The maximum absolute atomic E-state index is 5.95. The molecular weight excluding hydrogens is 204 g/mol. The van der Waals surface area contributed by atoms with Crippen LogP contribution in [-0.2, 0) is 13.1 Å². The van der Waals surface area contributed by atoms with E-state index in [2.05, 4.69) is 20.4 Å². The number of hydrogen-bond donors (Lipinski definition) is 3. The van der Waals surface area contributed by atoms with Gasteiger partial charge in [0.15, 0.2) is 0 Å². The minimum atomic E-state index is 0.662.